The lowest BCUT2D eigenvalue weighted by Crippen LogP contribution is -2.28. The number of rotatable bonds is 4. The molecule has 3 rings (SSSR count). The number of carbonyl (C=O) groups is 1. The molecule has 3 aromatic rings. The van der Waals surface area contributed by atoms with Crippen molar-refractivity contribution >= 4 is 5.91 Å². The number of benzene rings is 1. The van der Waals surface area contributed by atoms with E-state index in [1.165, 1.54) is 30.3 Å². The molecule has 0 unspecified atom stereocenters. The number of aromatic nitrogens is 3. The molecule has 23 heavy (non-hydrogen) atoms. The monoisotopic (exact) mass is 314 g/mol. The van der Waals surface area contributed by atoms with Crippen LogP contribution in [0.5, 0.6) is 0 Å². The predicted octanol–water partition coefficient (Wildman–Crippen LogP) is 1.19. The number of pyridine rings is 1. The van der Waals surface area contributed by atoms with Crippen LogP contribution in [0.25, 0.3) is 23.0 Å². The Kier molecular flexibility index (Phi) is 3.71. The van der Waals surface area contributed by atoms with Gasteiger partial charge in [-0.15, -0.1) is 0 Å². The van der Waals surface area contributed by atoms with E-state index >= 15 is 0 Å². The fourth-order valence-electron chi connectivity index (χ4n) is 2.10. The van der Waals surface area contributed by atoms with Gasteiger partial charge < -0.3 is 10.3 Å². The average molecular weight is 314 g/mol. The maximum Gasteiger partial charge on any atom is 0.274 e. The molecule has 8 heteroatoms. The highest BCUT2D eigenvalue weighted by molar-refractivity contribution is 5.74. The van der Waals surface area contributed by atoms with Crippen LogP contribution in [0.4, 0.5) is 4.39 Å². The highest BCUT2D eigenvalue weighted by Crippen LogP contribution is 2.21. The van der Waals surface area contributed by atoms with Crippen LogP contribution in [0.15, 0.2) is 51.8 Å². The minimum Gasteiger partial charge on any atom is -0.368 e. The Hall–Kier alpha value is -3.29. The van der Waals surface area contributed by atoms with E-state index in [9.17, 15) is 14.0 Å². The van der Waals surface area contributed by atoms with Crippen molar-refractivity contribution in [2.24, 2.45) is 5.73 Å². The first-order valence-electron chi connectivity index (χ1n) is 6.63. The van der Waals surface area contributed by atoms with Crippen molar-refractivity contribution in [2.75, 3.05) is 0 Å². The van der Waals surface area contributed by atoms with Gasteiger partial charge in [0.25, 0.3) is 11.4 Å². The van der Waals surface area contributed by atoms with Gasteiger partial charge in [0.1, 0.15) is 18.1 Å². The summed E-state index contributed by atoms with van der Waals surface area (Å²) in [6.07, 6.45) is 0. The van der Waals surface area contributed by atoms with E-state index in [-0.39, 0.29) is 24.0 Å². The van der Waals surface area contributed by atoms with Gasteiger partial charge >= 0.3 is 0 Å². The normalized spacial score (nSPS) is 10.7. The summed E-state index contributed by atoms with van der Waals surface area (Å²) in [6, 6.07) is 10.0. The summed E-state index contributed by atoms with van der Waals surface area (Å²) in [5.74, 6) is -0.909. The Bertz CT molecular complexity index is 932. The van der Waals surface area contributed by atoms with Crippen molar-refractivity contribution in [2.45, 2.75) is 6.54 Å². The standard InChI is InChI=1S/C15H11FN4O3/c16-10-4-1-3-9(7-10)14-18-15(23-19-14)11-5-2-6-13(22)20(11)8-12(17)21/h1-7H,8H2,(H2,17,21). The van der Waals surface area contributed by atoms with Gasteiger partial charge in [-0.25, -0.2) is 4.39 Å². The third-order valence-electron chi connectivity index (χ3n) is 3.09. The highest BCUT2D eigenvalue weighted by atomic mass is 19.1. The summed E-state index contributed by atoms with van der Waals surface area (Å²) in [4.78, 5) is 27.2. The molecule has 0 bridgehead atoms. The maximum atomic E-state index is 13.3. The summed E-state index contributed by atoms with van der Waals surface area (Å²) >= 11 is 0. The van der Waals surface area contributed by atoms with Crippen molar-refractivity contribution in [1.29, 1.82) is 0 Å². The number of hydrogen-bond donors (Lipinski definition) is 1. The van der Waals surface area contributed by atoms with Crippen molar-refractivity contribution in [1.82, 2.24) is 14.7 Å². The molecule has 1 aromatic carbocycles. The van der Waals surface area contributed by atoms with E-state index in [1.54, 1.807) is 12.1 Å². The second kappa shape index (κ2) is 5.84. The minimum atomic E-state index is -0.676. The average Bonchev–Trinajstić information content (AvgIpc) is 2.99. The maximum absolute atomic E-state index is 13.3. The molecule has 0 aliphatic heterocycles. The lowest BCUT2D eigenvalue weighted by molar-refractivity contribution is -0.118. The predicted molar refractivity (Wildman–Crippen MR) is 78.6 cm³/mol. The third kappa shape index (κ3) is 3.00. The van der Waals surface area contributed by atoms with Gasteiger partial charge in [-0.2, -0.15) is 4.98 Å². The largest absolute Gasteiger partial charge is 0.368 e. The van der Waals surface area contributed by atoms with Gasteiger partial charge in [0.15, 0.2) is 0 Å². The number of nitrogens with zero attached hydrogens (tertiary/aromatic N) is 3. The van der Waals surface area contributed by atoms with Crippen molar-refractivity contribution < 1.29 is 13.7 Å². The summed E-state index contributed by atoms with van der Waals surface area (Å²) in [5.41, 5.74) is 5.41. The van der Waals surface area contributed by atoms with E-state index in [4.69, 9.17) is 10.3 Å². The molecule has 0 spiro atoms. The lowest BCUT2D eigenvalue weighted by Gasteiger charge is -2.06. The summed E-state index contributed by atoms with van der Waals surface area (Å²) in [5, 5.41) is 3.77. The molecule has 2 N–H and O–H groups in total. The quantitative estimate of drug-likeness (QED) is 0.779. The van der Waals surface area contributed by atoms with Gasteiger partial charge in [-0.05, 0) is 18.2 Å². The Morgan fingerprint density at radius 1 is 1.26 bits per heavy atom. The molecule has 0 atom stereocenters. The zero-order valence-electron chi connectivity index (χ0n) is 11.8. The molecule has 0 saturated heterocycles. The summed E-state index contributed by atoms with van der Waals surface area (Å²) in [6.45, 7) is -0.313. The number of amides is 1. The fourth-order valence-corrected chi connectivity index (χ4v) is 2.10. The van der Waals surface area contributed by atoms with Crippen LogP contribution in [-0.4, -0.2) is 20.6 Å². The van der Waals surface area contributed by atoms with Crippen LogP contribution in [0, 0.1) is 5.82 Å². The Morgan fingerprint density at radius 3 is 2.78 bits per heavy atom. The van der Waals surface area contributed by atoms with Gasteiger partial charge in [0.05, 0.1) is 0 Å². The van der Waals surface area contributed by atoms with Crippen LogP contribution in [0.3, 0.4) is 0 Å². The smallest absolute Gasteiger partial charge is 0.274 e. The molecular formula is C15H11FN4O3. The molecular weight excluding hydrogens is 303 g/mol. The van der Waals surface area contributed by atoms with Crippen LogP contribution in [-0.2, 0) is 11.3 Å². The van der Waals surface area contributed by atoms with Crippen LogP contribution in [0.2, 0.25) is 0 Å². The molecule has 116 valence electrons. The zero-order chi connectivity index (χ0) is 16.4. The van der Waals surface area contributed by atoms with Crippen LogP contribution in [0.1, 0.15) is 0 Å². The van der Waals surface area contributed by atoms with Crippen molar-refractivity contribution in [3.8, 4) is 23.0 Å². The summed E-state index contributed by atoms with van der Waals surface area (Å²) in [7, 11) is 0. The van der Waals surface area contributed by atoms with Crippen LogP contribution >= 0.6 is 0 Å². The number of halogens is 1. The van der Waals surface area contributed by atoms with Gasteiger partial charge in [0.2, 0.25) is 11.7 Å². The number of nitrogens with two attached hydrogens (primary N) is 1. The second-order valence-electron chi connectivity index (χ2n) is 4.74. The zero-order valence-corrected chi connectivity index (χ0v) is 11.8. The highest BCUT2D eigenvalue weighted by Gasteiger charge is 2.16. The Balaban J connectivity index is 2.06. The van der Waals surface area contributed by atoms with Crippen molar-refractivity contribution in [3.05, 3.63) is 58.6 Å². The lowest BCUT2D eigenvalue weighted by atomic mass is 10.2. The van der Waals surface area contributed by atoms with E-state index in [0.717, 1.165) is 4.57 Å². The molecule has 2 heterocycles. The molecule has 0 saturated carbocycles. The minimum absolute atomic E-state index is 0.0308. The molecule has 0 aliphatic rings. The topological polar surface area (TPSA) is 104 Å². The molecule has 0 aliphatic carbocycles. The van der Waals surface area contributed by atoms with Gasteiger partial charge in [-0.3, -0.25) is 14.2 Å². The first-order chi connectivity index (χ1) is 11.0. The van der Waals surface area contributed by atoms with E-state index in [2.05, 4.69) is 10.1 Å². The van der Waals surface area contributed by atoms with E-state index in [1.807, 2.05) is 0 Å². The van der Waals surface area contributed by atoms with Gasteiger partial charge in [-0.1, -0.05) is 23.4 Å². The SMILES string of the molecule is NC(=O)Cn1c(-c2nc(-c3cccc(F)c3)no2)cccc1=O. The molecule has 1 amide bonds. The van der Waals surface area contributed by atoms with Crippen LogP contribution < -0.4 is 11.3 Å². The molecule has 0 radical (unpaired) electrons. The van der Waals surface area contributed by atoms with E-state index in [0.29, 0.717) is 5.56 Å². The number of primary amides is 1. The van der Waals surface area contributed by atoms with Crippen molar-refractivity contribution in [3.63, 3.8) is 0 Å². The summed E-state index contributed by atoms with van der Waals surface area (Å²) < 4.78 is 19.5. The Labute approximate surface area is 129 Å². The molecule has 0 fully saturated rings. The molecule has 7 nitrogen and oxygen atoms in total. The number of carbonyl (C=O) groups excluding carboxylic acids is 1. The van der Waals surface area contributed by atoms with Gasteiger partial charge in [0, 0.05) is 11.6 Å². The first-order valence-corrected chi connectivity index (χ1v) is 6.63. The third-order valence-corrected chi connectivity index (χ3v) is 3.09. The fraction of sp³-hybridized carbons (Fsp3) is 0.0667. The second-order valence-corrected chi connectivity index (χ2v) is 4.74. The number of hydrogen-bond acceptors (Lipinski definition) is 5. The first kappa shape index (κ1) is 14.6. The van der Waals surface area contributed by atoms with E-state index < -0.39 is 17.3 Å². The Morgan fingerprint density at radius 2 is 2.04 bits per heavy atom. The molecule has 2 aromatic heterocycles.